The van der Waals surface area contributed by atoms with Gasteiger partial charge in [0.05, 0.1) is 0 Å². The van der Waals surface area contributed by atoms with Gasteiger partial charge in [0.15, 0.2) is 0 Å². The molecule has 0 atom stereocenters. The highest BCUT2D eigenvalue weighted by atomic mass is 16.6. The standard InChI is InChI=1S/C9H18N2O2/c1-10(2)11(3)9(12)13-8-6-4-5-7-8/h8H,4-7H2,1-3H3. The number of rotatable bonds is 2. The summed E-state index contributed by atoms with van der Waals surface area (Å²) in [7, 11) is 5.34. The molecule has 0 aromatic heterocycles. The van der Waals surface area contributed by atoms with Crippen molar-refractivity contribution in [2.75, 3.05) is 21.1 Å². The lowest BCUT2D eigenvalue weighted by Crippen LogP contribution is -2.40. The largest absolute Gasteiger partial charge is 0.445 e. The summed E-state index contributed by atoms with van der Waals surface area (Å²) in [5.74, 6) is 0. The normalized spacial score (nSPS) is 17.8. The number of hydrogen-bond donors (Lipinski definition) is 0. The number of carbonyl (C=O) groups is 1. The lowest BCUT2D eigenvalue weighted by molar-refractivity contribution is 0.00942. The summed E-state index contributed by atoms with van der Waals surface area (Å²) in [5, 5.41) is 3.18. The van der Waals surface area contributed by atoms with Crippen LogP contribution in [0.4, 0.5) is 4.79 Å². The zero-order valence-corrected chi connectivity index (χ0v) is 8.62. The van der Waals surface area contributed by atoms with Gasteiger partial charge in [-0.2, -0.15) is 0 Å². The van der Waals surface area contributed by atoms with Crippen molar-refractivity contribution in [3.8, 4) is 0 Å². The maximum atomic E-state index is 11.4. The monoisotopic (exact) mass is 186 g/mol. The first-order chi connectivity index (χ1) is 6.11. The van der Waals surface area contributed by atoms with Crippen LogP contribution in [-0.2, 0) is 4.74 Å². The number of hydrogen-bond acceptors (Lipinski definition) is 3. The first-order valence-electron chi connectivity index (χ1n) is 4.73. The van der Waals surface area contributed by atoms with Gasteiger partial charge in [0.25, 0.3) is 0 Å². The van der Waals surface area contributed by atoms with Crippen LogP contribution in [0, 0.1) is 0 Å². The fraction of sp³-hybridized carbons (Fsp3) is 0.889. The molecule has 0 N–H and O–H groups in total. The van der Waals surface area contributed by atoms with Crippen molar-refractivity contribution >= 4 is 6.09 Å². The fourth-order valence-corrected chi connectivity index (χ4v) is 1.39. The number of nitrogens with zero attached hydrogens (tertiary/aromatic N) is 2. The quantitative estimate of drug-likeness (QED) is 0.612. The molecule has 4 nitrogen and oxygen atoms in total. The molecule has 0 saturated heterocycles. The predicted octanol–water partition coefficient (Wildman–Crippen LogP) is 1.47. The van der Waals surface area contributed by atoms with E-state index in [4.69, 9.17) is 4.74 Å². The summed E-state index contributed by atoms with van der Waals surface area (Å²) in [6, 6.07) is 0. The van der Waals surface area contributed by atoms with Gasteiger partial charge in [0, 0.05) is 21.1 Å². The molecule has 0 aromatic rings. The molecular weight excluding hydrogens is 168 g/mol. The average molecular weight is 186 g/mol. The SMILES string of the molecule is CN(C)N(C)C(=O)OC1CCCC1. The minimum absolute atomic E-state index is 0.148. The molecule has 0 unspecified atom stereocenters. The van der Waals surface area contributed by atoms with Crippen LogP contribution in [0.25, 0.3) is 0 Å². The van der Waals surface area contributed by atoms with Crippen LogP contribution in [-0.4, -0.2) is 43.4 Å². The van der Waals surface area contributed by atoms with Crippen molar-refractivity contribution in [3.63, 3.8) is 0 Å². The summed E-state index contributed by atoms with van der Waals surface area (Å²) in [5.41, 5.74) is 0. The minimum Gasteiger partial charge on any atom is -0.445 e. The summed E-state index contributed by atoms with van der Waals surface area (Å²) >= 11 is 0. The first-order valence-corrected chi connectivity index (χ1v) is 4.73. The molecule has 1 rings (SSSR count). The van der Waals surface area contributed by atoms with E-state index in [2.05, 4.69) is 0 Å². The predicted molar refractivity (Wildman–Crippen MR) is 50.2 cm³/mol. The Morgan fingerprint density at radius 3 is 2.23 bits per heavy atom. The number of hydrazine groups is 1. The van der Waals surface area contributed by atoms with Crippen LogP contribution < -0.4 is 0 Å². The molecule has 76 valence electrons. The highest BCUT2D eigenvalue weighted by Crippen LogP contribution is 2.21. The second-order valence-corrected chi connectivity index (χ2v) is 3.66. The van der Waals surface area contributed by atoms with Gasteiger partial charge in [0.2, 0.25) is 0 Å². The van der Waals surface area contributed by atoms with Gasteiger partial charge in [-0.25, -0.2) is 14.8 Å². The van der Waals surface area contributed by atoms with E-state index in [1.807, 2.05) is 14.1 Å². The van der Waals surface area contributed by atoms with Crippen molar-refractivity contribution in [1.82, 2.24) is 10.0 Å². The molecular formula is C9H18N2O2. The molecule has 1 aliphatic carbocycles. The third-order valence-electron chi connectivity index (χ3n) is 2.43. The molecule has 1 amide bonds. The number of ether oxygens (including phenoxy) is 1. The first kappa shape index (κ1) is 10.3. The molecule has 1 aliphatic rings. The van der Waals surface area contributed by atoms with Gasteiger partial charge in [-0.15, -0.1) is 0 Å². The maximum Gasteiger partial charge on any atom is 0.424 e. The molecule has 1 saturated carbocycles. The lowest BCUT2D eigenvalue weighted by atomic mass is 10.3. The molecule has 0 aromatic carbocycles. The Labute approximate surface area is 79.4 Å². The molecule has 0 bridgehead atoms. The molecule has 4 heteroatoms. The smallest absolute Gasteiger partial charge is 0.424 e. The van der Waals surface area contributed by atoms with Crippen LogP contribution in [0.15, 0.2) is 0 Å². The zero-order valence-electron chi connectivity index (χ0n) is 8.62. The topological polar surface area (TPSA) is 32.8 Å². The Bertz CT molecular complexity index is 176. The third kappa shape index (κ3) is 2.88. The highest BCUT2D eigenvalue weighted by Gasteiger charge is 2.21. The molecule has 0 aliphatic heterocycles. The van der Waals surface area contributed by atoms with E-state index >= 15 is 0 Å². The Hall–Kier alpha value is -0.770. The van der Waals surface area contributed by atoms with E-state index in [1.54, 1.807) is 12.1 Å². The summed E-state index contributed by atoms with van der Waals surface area (Å²) in [4.78, 5) is 11.4. The van der Waals surface area contributed by atoms with Crippen LogP contribution in [0.1, 0.15) is 25.7 Å². The van der Waals surface area contributed by atoms with Crippen molar-refractivity contribution in [1.29, 1.82) is 0 Å². The second-order valence-electron chi connectivity index (χ2n) is 3.66. The van der Waals surface area contributed by atoms with Crippen molar-refractivity contribution in [2.24, 2.45) is 0 Å². The number of amides is 1. The highest BCUT2D eigenvalue weighted by molar-refractivity contribution is 5.66. The van der Waals surface area contributed by atoms with E-state index in [0.717, 1.165) is 12.8 Å². The van der Waals surface area contributed by atoms with Crippen molar-refractivity contribution in [2.45, 2.75) is 31.8 Å². The number of carbonyl (C=O) groups excluding carboxylic acids is 1. The van der Waals surface area contributed by atoms with E-state index in [1.165, 1.54) is 17.9 Å². The van der Waals surface area contributed by atoms with Crippen LogP contribution in [0.5, 0.6) is 0 Å². The van der Waals surface area contributed by atoms with Crippen LogP contribution in [0.2, 0.25) is 0 Å². The van der Waals surface area contributed by atoms with Crippen LogP contribution >= 0.6 is 0 Å². The van der Waals surface area contributed by atoms with Gasteiger partial charge in [-0.05, 0) is 25.7 Å². The van der Waals surface area contributed by atoms with Crippen molar-refractivity contribution < 1.29 is 9.53 Å². The maximum absolute atomic E-state index is 11.4. The summed E-state index contributed by atoms with van der Waals surface area (Å²) in [6.45, 7) is 0. The molecule has 0 radical (unpaired) electrons. The van der Waals surface area contributed by atoms with Crippen molar-refractivity contribution in [3.05, 3.63) is 0 Å². The Morgan fingerprint density at radius 2 is 1.77 bits per heavy atom. The lowest BCUT2D eigenvalue weighted by Gasteiger charge is -2.25. The van der Waals surface area contributed by atoms with Gasteiger partial charge < -0.3 is 4.74 Å². The van der Waals surface area contributed by atoms with Crippen LogP contribution in [0.3, 0.4) is 0 Å². The molecule has 1 fully saturated rings. The Kier molecular flexibility index (Phi) is 3.54. The van der Waals surface area contributed by atoms with E-state index in [0.29, 0.717) is 0 Å². The van der Waals surface area contributed by atoms with Gasteiger partial charge in [-0.3, -0.25) is 0 Å². The van der Waals surface area contributed by atoms with E-state index < -0.39 is 0 Å². The zero-order chi connectivity index (χ0) is 9.84. The Balaban J connectivity index is 2.31. The van der Waals surface area contributed by atoms with Gasteiger partial charge >= 0.3 is 6.09 Å². The molecule has 0 spiro atoms. The third-order valence-corrected chi connectivity index (χ3v) is 2.43. The molecule has 13 heavy (non-hydrogen) atoms. The fourth-order valence-electron chi connectivity index (χ4n) is 1.39. The Morgan fingerprint density at radius 1 is 1.23 bits per heavy atom. The van der Waals surface area contributed by atoms with E-state index in [9.17, 15) is 4.79 Å². The van der Waals surface area contributed by atoms with E-state index in [-0.39, 0.29) is 12.2 Å². The van der Waals surface area contributed by atoms with Gasteiger partial charge in [-0.1, -0.05) is 0 Å². The summed E-state index contributed by atoms with van der Waals surface area (Å²) < 4.78 is 5.28. The second kappa shape index (κ2) is 4.46. The average Bonchev–Trinajstić information content (AvgIpc) is 2.55. The molecule has 0 heterocycles. The minimum atomic E-state index is -0.253. The van der Waals surface area contributed by atoms with Gasteiger partial charge in [0.1, 0.15) is 6.10 Å². The summed E-state index contributed by atoms with van der Waals surface area (Å²) in [6.07, 6.45) is 4.31.